The van der Waals surface area contributed by atoms with Gasteiger partial charge in [0.05, 0.1) is 36.7 Å². The van der Waals surface area contributed by atoms with E-state index in [0.29, 0.717) is 32.2 Å². The Morgan fingerprint density at radius 3 is 2.58 bits per heavy atom. The fourth-order valence-corrected chi connectivity index (χ4v) is 4.42. The summed E-state index contributed by atoms with van der Waals surface area (Å²) in [5, 5.41) is 1.02. The van der Waals surface area contributed by atoms with E-state index in [1.54, 1.807) is 0 Å². The fourth-order valence-electron chi connectivity index (χ4n) is 4.42. The molecule has 7 nitrogen and oxygen atoms in total. The summed E-state index contributed by atoms with van der Waals surface area (Å²) < 4.78 is 10.8. The van der Waals surface area contributed by atoms with Crippen LogP contribution in [0.5, 0.6) is 0 Å². The third kappa shape index (κ3) is 3.71. The van der Waals surface area contributed by atoms with Crippen molar-refractivity contribution in [2.24, 2.45) is 0 Å². The standard InChI is InChI=1S/C24H26N4O3/c1-16-3-2-4-20(28-9-12-31-15-22(28)29)23(16)17-5-6-19-18(13-17)14-21(24(25)26-19)27-7-10-30-11-8-27/h2-6,13-14H,7-12,15H2,1H3,(H2,25,26). The molecule has 2 aromatic carbocycles. The minimum absolute atomic E-state index is 0.0112. The summed E-state index contributed by atoms with van der Waals surface area (Å²) in [6, 6.07) is 14.4. The summed E-state index contributed by atoms with van der Waals surface area (Å²) in [5.74, 6) is 0.528. The number of amides is 1. The van der Waals surface area contributed by atoms with E-state index in [0.717, 1.165) is 52.1 Å². The van der Waals surface area contributed by atoms with Crippen molar-refractivity contribution in [1.82, 2.24) is 4.98 Å². The molecule has 0 bridgehead atoms. The van der Waals surface area contributed by atoms with Crippen molar-refractivity contribution in [1.29, 1.82) is 0 Å². The molecule has 2 aliphatic rings. The highest BCUT2D eigenvalue weighted by Gasteiger charge is 2.24. The van der Waals surface area contributed by atoms with Crippen molar-refractivity contribution in [3.63, 3.8) is 0 Å². The average Bonchev–Trinajstić information content (AvgIpc) is 2.79. The number of morpholine rings is 2. The molecule has 5 rings (SSSR count). The summed E-state index contributed by atoms with van der Waals surface area (Å²) >= 11 is 0. The number of rotatable bonds is 3. The molecule has 3 aromatic rings. The van der Waals surface area contributed by atoms with Crippen molar-refractivity contribution in [3.8, 4) is 11.1 Å². The minimum atomic E-state index is -0.0112. The highest BCUT2D eigenvalue weighted by Crippen LogP contribution is 2.37. The van der Waals surface area contributed by atoms with Crippen LogP contribution >= 0.6 is 0 Å². The number of carbonyl (C=O) groups excluding carboxylic acids is 1. The van der Waals surface area contributed by atoms with Gasteiger partial charge in [0.1, 0.15) is 12.4 Å². The van der Waals surface area contributed by atoms with Gasteiger partial charge in [-0.25, -0.2) is 4.98 Å². The van der Waals surface area contributed by atoms with Crippen LogP contribution in [0.3, 0.4) is 0 Å². The maximum Gasteiger partial charge on any atom is 0.253 e. The first-order valence-electron chi connectivity index (χ1n) is 10.6. The van der Waals surface area contributed by atoms with E-state index in [9.17, 15) is 4.79 Å². The molecule has 0 aliphatic carbocycles. The second kappa shape index (κ2) is 8.17. The van der Waals surface area contributed by atoms with Gasteiger partial charge in [-0.1, -0.05) is 18.2 Å². The molecule has 0 saturated carbocycles. The molecule has 2 fully saturated rings. The summed E-state index contributed by atoms with van der Waals surface area (Å²) in [5.41, 5.74) is 12.2. The molecule has 1 amide bonds. The number of hydrogen-bond acceptors (Lipinski definition) is 6. The number of nitrogens with zero attached hydrogens (tertiary/aromatic N) is 3. The van der Waals surface area contributed by atoms with E-state index in [4.69, 9.17) is 15.2 Å². The zero-order valence-corrected chi connectivity index (χ0v) is 17.6. The molecule has 160 valence electrons. The minimum Gasteiger partial charge on any atom is -0.382 e. The lowest BCUT2D eigenvalue weighted by atomic mass is 9.96. The second-order valence-corrected chi connectivity index (χ2v) is 7.97. The first-order chi connectivity index (χ1) is 15.1. The van der Waals surface area contributed by atoms with Gasteiger partial charge < -0.3 is 25.0 Å². The van der Waals surface area contributed by atoms with E-state index in [1.807, 2.05) is 23.1 Å². The number of fused-ring (bicyclic) bond motifs is 1. The summed E-state index contributed by atoms with van der Waals surface area (Å²) in [4.78, 5) is 21.2. The molecule has 0 atom stereocenters. The summed E-state index contributed by atoms with van der Waals surface area (Å²) in [7, 11) is 0. The normalized spacial score (nSPS) is 17.4. The van der Waals surface area contributed by atoms with E-state index >= 15 is 0 Å². The maximum atomic E-state index is 12.5. The van der Waals surface area contributed by atoms with Gasteiger partial charge in [-0.05, 0) is 42.3 Å². The Kier molecular flexibility index (Phi) is 5.21. The van der Waals surface area contributed by atoms with Gasteiger partial charge >= 0.3 is 0 Å². The molecule has 2 N–H and O–H groups in total. The fraction of sp³-hybridized carbons (Fsp3) is 0.333. The van der Waals surface area contributed by atoms with Crippen molar-refractivity contribution < 1.29 is 14.3 Å². The number of nitrogens with two attached hydrogens (primary N) is 1. The van der Waals surface area contributed by atoms with Gasteiger partial charge in [0.2, 0.25) is 0 Å². The highest BCUT2D eigenvalue weighted by atomic mass is 16.5. The van der Waals surface area contributed by atoms with Gasteiger partial charge in [-0.3, -0.25) is 4.79 Å². The molecule has 2 saturated heterocycles. The van der Waals surface area contributed by atoms with E-state index in [1.165, 1.54) is 0 Å². The van der Waals surface area contributed by atoms with Crippen LogP contribution in [-0.2, 0) is 14.3 Å². The van der Waals surface area contributed by atoms with Crippen LogP contribution in [0.4, 0.5) is 17.2 Å². The molecular weight excluding hydrogens is 392 g/mol. The Bertz CT molecular complexity index is 1140. The van der Waals surface area contributed by atoms with E-state index in [2.05, 4.69) is 41.1 Å². The zero-order valence-electron chi connectivity index (χ0n) is 17.6. The first kappa shape index (κ1) is 19.8. The van der Waals surface area contributed by atoms with Crippen molar-refractivity contribution in [2.75, 3.05) is 61.6 Å². The van der Waals surface area contributed by atoms with Gasteiger partial charge in [0.15, 0.2) is 0 Å². The predicted octanol–water partition coefficient (Wildman–Crippen LogP) is 2.99. The Morgan fingerprint density at radius 2 is 1.77 bits per heavy atom. The predicted molar refractivity (Wildman–Crippen MR) is 123 cm³/mol. The second-order valence-electron chi connectivity index (χ2n) is 7.97. The average molecular weight is 418 g/mol. The van der Waals surface area contributed by atoms with Crippen LogP contribution in [0.15, 0.2) is 42.5 Å². The first-order valence-corrected chi connectivity index (χ1v) is 10.6. The smallest absolute Gasteiger partial charge is 0.253 e. The number of ether oxygens (including phenoxy) is 2. The number of pyridine rings is 1. The third-order valence-electron chi connectivity index (χ3n) is 5.99. The van der Waals surface area contributed by atoms with Crippen LogP contribution < -0.4 is 15.5 Å². The number of nitrogen functional groups attached to an aromatic ring is 1. The van der Waals surface area contributed by atoms with Gasteiger partial charge in [0.25, 0.3) is 5.91 Å². The number of benzene rings is 2. The molecule has 1 aromatic heterocycles. The van der Waals surface area contributed by atoms with Gasteiger partial charge in [-0.15, -0.1) is 0 Å². The van der Waals surface area contributed by atoms with Crippen LogP contribution in [-0.4, -0.2) is 57.0 Å². The highest BCUT2D eigenvalue weighted by molar-refractivity contribution is 6.00. The lowest BCUT2D eigenvalue weighted by molar-refractivity contribution is -0.125. The number of aromatic nitrogens is 1. The third-order valence-corrected chi connectivity index (χ3v) is 5.99. The molecule has 31 heavy (non-hydrogen) atoms. The number of hydrogen-bond donors (Lipinski definition) is 1. The van der Waals surface area contributed by atoms with Gasteiger partial charge in [0, 0.05) is 30.6 Å². The Morgan fingerprint density at radius 1 is 0.968 bits per heavy atom. The van der Waals surface area contributed by atoms with Crippen molar-refractivity contribution in [3.05, 3.63) is 48.0 Å². The van der Waals surface area contributed by atoms with Crippen LogP contribution in [0.25, 0.3) is 22.0 Å². The zero-order chi connectivity index (χ0) is 21.4. The summed E-state index contributed by atoms with van der Waals surface area (Å²) in [6.07, 6.45) is 0. The van der Waals surface area contributed by atoms with E-state index < -0.39 is 0 Å². The molecule has 3 heterocycles. The monoisotopic (exact) mass is 418 g/mol. The molecule has 0 radical (unpaired) electrons. The number of anilines is 3. The molecule has 0 unspecified atom stereocenters. The quantitative estimate of drug-likeness (QED) is 0.704. The summed E-state index contributed by atoms with van der Waals surface area (Å²) in [6.45, 7) is 6.29. The Hall–Kier alpha value is -3.16. The molecule has 0 spiro atoms. The lowest BCUT2D eigenvalue weighted by Crippen LogP contribution is -2.42. The van der Waals surface area contributed by atoms with Crippen LogP contribution in [0.1, 0.15) is 5.56 Å². The largest absolute Gasteiger partial charge is 0.382 e. The van der Waals surface area contributed by atoms with E-state index in [-0.39, 0.29) is 12.5 Å². The topological polar surface area (TPSA) is 80.9 Å². The molecular formula is C24H26N4O3. The lowest BCUT2D eigenvalue weighted by Gasteiger charge is -2.30. The molecule has 7 heteroatoms. The van der Waals surface area contributed by atoms with Crippen molar-refractivity contribution in [2.45, 2.75) is 6.92 Å². The Balaban J connectivity index is 1.61. The Labute approximate surface area is 181 Å². The van der Waals surface area contributed by atoms with Crippen LogP contribution in [0.2, 0.25) is 0 Å². The van der Waals surface area contributed by atoms with Crippen LogP contribution in [0, 0.1) is 6.92 Å². The van der Waals surface area contributed by atoms with Crippen molar-refractivity contribution >= 4 is 34.0 Å². The van der Waals surface area contributed by atoms with Gasteiger partial charge in [-0.2, -0.15) is 0 Å². The number of carbonyl (C=O) groups is 1. The SMILES string of the molecule is Cc1cccc(N2CCOCC2=O)c1-c1ccc2nc(N)c(N3CCOCC3)cc2c1. The number of aryl methyl sites for hydroxylation is 1. The molecule has 2 aliphatic heterocycles. The maximum absolute atomic E-state index is 12.5.